The summed E-state index contributed by atoms with van der Waals surface area (Å²) in [5.74, 6) is -1.66. The molecule has 2 N–H and O–H groups in total. The lowest BCUT2D eigenvalue weighted by molar-refractivity contribution is -0.132. The van der Waals surface area contributed by atoms with Gasteiger partial charge in [0.2, 0.25) is 5.91 Å². The molecular formula is C17H20F3N3O5S. The highest BCUT2D eigenvalue weighted by Crippen LogP contribution is 2.35. The molecule has 2 aliphatic heterocycles. The normalized spacial score (nSPS) is 19.9. The molecule has 0 saturated heterocycles. The summed E-state index contributed by atoms with van der Waals surface area (Å²) >= 11 is 0. The molecule has 0 unspecified atom stereocenters. The van der Waals surface area contributed by atoms with Crippen LogP contribution < -0.4 is 5.48 Å². The molecule has 0 bridgehead atoms. The third kappa shape index (κ3) is 4.93. The Hall–Kier alpha value is -2.47. The van der Waals surface area contributed by atoms with Crippen molar-refractivity contribution in [3.8, 4) is 0 Å². The van der Waals surface area contributed by atoms with E-state index in [0.29, 0.717) is 11.1 Å². The van der Waals surface area contributed by atoms with Crippen molar-refractivity contribution >= 4 is 27.9 Å². The Labute approximate surface area is 165 Å². The Morgan fingerprint density at radius 2 is 1.93 bits per heavy atom. The van der Waals surface area contributed by atoms with Crippen LogP contribution in [0.3, 0.4) is 0 Å². The average Bonchev–Trinajstić information content (AvgIpc) is 2.63. The standard InChI is InChI=1S/C17H20F3N3O5S/c1-16(15(25)22-26,29(2,27)28)6-8-23-10-12(3-4-13(23)17(18,19)20)11-5-7-21-14(24)9-11/h3-5,7,26H,6,8-10H2,1-2H3,(H,22,25)/t16-/m1/s1. The number of allylic oxidation sites excluding steroid dienone is 4. The number of aliphatic imine (C=N–C) groups is 1. The predicted molar refractivity (Wildman–Crippen MR) is 97.8 cm³/mol. The summed E-state index contributed by atoms with van der Waals surface area (Å²) in [6.07, 6.45) is 0.396. The van der Waals surface area contributed by atoms with Crippen LogP contribution in [0.1, 0.15) is 19.8 Å². The van der Waals surface area contributed by atoms with E-state index in [9.17, 15) is 31.2 Å². The van der Waals surface area contributed by atoms with Gasteiger partial charge in [0.25, 0.3) is 5.91 Å². The second kappa shape index (κ2) is 8.11. The first-order chi connectivity index (χ1) is 13.3. The fourth-order valence-electron chi connectivity index (χ4n) is 2.94. The van der Waals surface area contributed by atoms with Crippen molar-refractivity contribution in [2.24, 2.45) is 4.99 Å². The molecule has 2 amide bonds. The molecule has 0 aromatic heterocycles. The summed E-state index contributed by atoms with van der Waals surface area (Å²) in [7, 11) is -4.06. The number of hydrogen-bond donors (Lipinski definition) is 2. The van der Waals surface area contributed by atoms with E-state index in [0.717, 1.165) is 24.2 Å². The van der Waals surface area contributed by atoms with Crippen LogP contribution in [0.2, 0.25) is 0 Å². The zero-order chi connectivity index (χ0) is 22.0. The zero-order valence-electron chi connectivity index (χ0n) is 15.7. The van der Waals surface area contributed by atoms with Gasteiger partial charge in [-0.15, -0.1) is 0 Å². The lowest BCUT2D eigenvalue weighted by Gasteiger charge is -2.35. The molecule has 0 aromatic carbocycles. The molecule has 160 valence electrons. The van der Waals surface area contributed by atoms with Gasteiger partial charge in [0.05, 0.1) is 6.42 Å². The van der Waals surface area contributed by atoms with Crippen LogP contribution in [0.4, 0.5) is 13.2 Å². The Kier molecular flexibility index (Phi) is 6.38. The maximum absolute atomic E-state index is 13.4. The summed E-state index contributed by atoms with van der Waals surface area (Å²) in [5.41, 5.74) is 1.21. The van der Waals surface area contributed by atoms with E-state index >= 15 is 0 Å². The lowest BCUT2D eigenvalue weighted by atomic mass is 9.96. The van der Waals surface area contributed by atoms with Crippen LogP contribution >= 0.6 is 0 Å². The van der Waals surface area contributed by atoms with Crippen molar-refractivity contribution in [2.45, 2.75) is 30.7 Å². The minimum atomic E-state index is -4.71. The Balaban J connectivity index is 2.32. The van der Waals surface area contributed by atoms with Gasteiger partial charge in [0, 0.05) is 25.6 Å². The molecule has 2 heterocycles. The van der Waals surface area contributed by atoms with Gasteiger partial charge in [0.15, 0.2) is 14.6 Å². The van der Waals surface area contributed by atoms with Crippen molar-refractivity contribution in [3.05, 3.63) is 35.1 Å². The van der Waals surface area contributed by atoms with Crippen molar-refractivity contribution in [1.82, 2.24) is 10.4 Å². The molecule has 2 rings (SSSR count). The lowest BCUT2D eigenvalue weighted by Crippen LogP contribution is -2.51. The third-order valence-corrected chi connectivity index (χ3v) is 6.97. The molecule has 2 aliphatic rings. The first-order valence-electron chi connectivity index (χ1n) is 8.43. The highest BCUT2D eigenvalue weighted by molar-refractivity contribution is 7.92. The third-order valence-electron chi connectivity index (χ3n) is 4.94. The first kappa shape index (κ1) is 22.8. The number of carbonyl (C=O) groups excluding carboxylic acids is 2. The highest BCUT2D eigenvalue weighted by atomic mass is 32.2. The van der Waals surface area contributed by atoms with Crippen LogP contribution in [-0.4, -0.2) is 66.8 Å². The van der Waals surface area contributed by atoms with E-state index in [1.807, 2.05) is 0 Å². The maximum atomic E-state index is 13.4. The molecule has 8 nitrogen and oxygen atoms in total. The number of sulfone groups is 1. The van der Waals surface area contributed by atoms with Gasteiger partial charge in [0.1, 0.15) is 5.70 Å². The van der Waals surface area contributed by atoms with E-state index in [1.165, 1.54) is 23.8 Å². The van der Waals surface area contributed by atoms with Crippen molar-refractivity contribution in [3.63, 3.8) is 0 Å². The van der Waals surface area contributed by atoms with Crippen LogP contribution in [0, 0.1) is 0 Å². The van der Waals surface area contributed by atoms with E-state index in [1.54, 1.807) is 0 Å². The highest BCUT2D eigenvalue weighted by Gasteiger charge is 2.45. The smallest absolute Gasteiger partial charge is 0.363 e. The summed E-state index contributed by atoms with van der Waals surface area (Å²) in [5, 5.41) is 8.86. The number of alkyl halides is 3. The molecule has 0 spiro atoms. The van der Waals surface area contributed by atoms with Crippen molar-refractivity contribution in [1.29, 1.82) is 0 Å². The van der Waals surface area contributed by atoms with Crippen LogP contribution in [0.15, 0.2) is 40.1 Å². The number of carbonyl (C=O) groups is 2. The molecule has 29 heavy (non-hydrogen) atoms. The molecule has 0 aliphatic carbocycles. The van der Waals surface area contributed by atoms with Gasteiger partial charge in [-0.25, -0.2) is 18.9 Å². The van der Waals surface area contributed by atoms with Gasteiger partial charge in [-0.3, -0.25) is 14.8 Å². The number of hydrogen-bond acceptors (Lipinski definition) is 6. The molecule has 0 radical (unpaired) electrons. The van der Waals surface area contributed by atoms with Crippen molar-refractivity contribution < 1.29 is 36.4 Å². The molecular weight excluding hydrogens is 415 g/mol. The van der Waals surface area contributed by atoms with E-state index in [2.05, 4.69) is 4.99 Å². The fraction of sp³-hybridized carbons (Fsp3) is 0.471. The number of dihydropyridines is 1. The monoisotopic (exact) mass is 435 g/mol. The van der Waals surface area contributed by atoms with E-state index in [-0.39, 0.29) is 13.0 Å². The van der Waals surface area contributed by atoms with Crippen LogP contribution in [0.5, 0.6) is 0 Å². The summed E-state index contributed by atoms with van der Waals surface area (Å²) < 4.78 is 62.3. The largest absolute Gasteiger partial charge is 0.431 e. The maximum Gasteiger partial charge on any atom is 0.431 e. The predicted octanol–water partition coefficient (Wildman–Crippen LogP) is 1.30. The molecule has 1 atom stereocenters. The average molecular weight is 435 g/mol. The number of amides is 2. The van der Waals surface area contributed by atoms with Crippen molar-refractivity contribution in [2.75, 3.05) is 19.3 Å². The Bertz CT molecular complexity index is 934. The second-order valence-electron chi connectivity index (χ2n) is 6.90. The van der Waals surface area contributed by atoms with Gasteiger partial charge in [-0.2, -0.15) is 13.2 Å². The Morgan fingerprint density at radius 3 is 2.45 bits per heavy atom. The van der Waals surface area contributed by atoms with Gasteiger partial charge in [-0.05, 0) is 36.6 Å². The van der Waals surface area contributed by atoms with Gasteiger partial charge < -0.3 is 4.90 Å². The van der Waals surface area contributed by atoms with Crippen LogP contribution in [0.25, 0.3) is 0 Å². The van der Waals surface area contributed by atoms with E-state index < -0.39 is 51.2 Å². The number of nitrogens with one attached hydrogen (secondary N) is 1. The number of halogens is 3. The van der Waals surface area contributed by atoms with E-state index in [4.69, 9.17) is 5.21 Å². The molecule has 0 saturated carbocycles. The van der Waals surface area contributed by atoms with Crippen LogP contribution in [-0.2, 0) is 19.4 Å². The van der Waals surface area contributed by atoms with Gasteiger partial charge in [-0.1, -0.05) is 6.08 Å². The zero-order valence-corrected chi connectivity index (χ0v) is 16.5. The molecule has 0 aromatic rings. The first-order valence-corrected chi connectivity index (χ1v) is 10.3. The number of rotatable bonds is 6. The second-order valence-corrected chi connectivity index (χ2v) is 9.34. The fourth-order valence-corrected chi connectivity index (χ4v) is 3.79. The quantitative estimate of drug-likeness (QED) is 0.480. The minimum absolute atomic E-state index is 0.0562. The SMILES string of the molecule is C[C@@](CCN1CC(C2=CC=NC(=O)C2)=CC=C1C(F)(F)F)(C(=O)NO)S(C)(=O)=O. The Morgan fingerprint density at radius 1 is 1.28 bits per heavy atom. The summed E-state index contributed by atoms with van der Waals surface area (Å²) in [6.45, 7) is 0.359. The number of nitrogens with zero attached hydrogens (tertiary/aromatic N) is 2. The molecule has 0 fully saturated rings. The minimum Gasteiger partial charge on any atom is -0.363 e. The number of hydroxylamine groups is 1. The topological polar surface area (TPSA) is 116 Å². The summed E-state index contributed by atoms with van der Waals surface area (Å²) in [4.78, 5) is 27.9. The molecule has 12 heteroatoms. The van der Waals surface area contributed by atoms with Gasteiger partial charge >= 0.3 is 6.18 Å². The summed E-state index contributed by atoms with van der Waals surface area (Å²) in [6, 6.07) is 0.